The van der Waals surface area contributed by atoms with E-state index >= 15 is 0 Å². The summed E-state index contributed by atoms with van der Waals surface area (Å²) >= 11 is 0. The zero-order valence-electron chi connectivity index (χ0n) is 13.0. The number of aryl methyl sites for hydroxylation is 1. The van der Waals surface area contributed by atoms with Crippen LogP contribution in [0.3, 0.4) is 0 Å². The molecular weight excluding hydrogens is 288 g/mol. The van der Waals surface area contributed by atoms with Crippen LogP contribution in [0, 0.1) is 0 Å². The highest BCUT2D eigenvalue weighted by atomic mass is 16.4. The molecule has 1 aromatic carbocycles. The van der Waals surface area contributed by atoms with Gasteiger partial charge in [0.1, 0.15) is 5.65 Å². The number of nitrogens with zero attached hydrogens (tertiary/aromatic N) is 2. The van der Waals surface area contributed by atoms with E-state index in [-0.39, 0.29) is 6.42 Å². The van der Waals surface area contributed by atoms with E-state index in [2.05, 4.69) is 33.9 Å². The number of hydrogen-bond donors (Lipinski definition) is 1. The molecule has 0 aliphatic carbocycles. The van der Waals surface area contributed by atoms with Crippen LogP contribution < -0.4 is 0 Å². The summed E-state index contributed by atoms with van der Waals surface area (Å²) in [5.41, 5.74) is 3.37. The molecule has 0 aliphatic heterocycles. The maximum atomic E-state index is 10.6. The average molecular weight is 308 g/mol. The lowest BCUT2D eigenvalue weighted by atomic mass is 10.1. The molecule has 3 aromatic rings. The Labute approximate surface area is 135 Å². The van der Waals surface area contributed by atoms with Gasteiger partial charge in [0.25, 0.3) is 0 Å². The molecule has 118 valence electrons. The van der Waals surface area contributed by atoms with Crippen LogP contribution in [-0.2, 0) is 11.3 Å². The molecule has 0 radical (unpaired) electrons. The Morgan fingerprint density at radius 3 is 2.65 bits per heavy atom. The molecule has 2 heterocycles. The second-order valence-corrected chi connectivity index (χ2v) is 5.68. The van der Waals surface area contributed by atoms with Crippen molar-refractivity contribution in [3.63, 3.8) is 0 Å². The summed E-state index contributed by atoms with van der Waals surface area (Å²) in [4.78, 5) is 15.1. The summed E-state index contributed by atoms with van der Waals surface area (Å²) in [5, 5.41) is 9.84. The molecule has 0 bridgehead atoms. The van der Waals surface area contributed by atoms with Crippen molar-refractivity contribution >= 4 is 17.0 Å². The topological polar surface area (TPSA) is 55.1 Å². The van der Waals surface area contributed by atoms with E-state index in [9.17, 15) is 4.79 Å². The van der Waals surface area contributed by atoms with Gasteiger partial charge in [0.05, 0.1) is 0 Å². The monoisotopic (exact) mass is 308 g/mol. The third-order valence-corrected chi connectivity index (χ3v) is 4.01. The lowest BCUT2D eigenvalue weighted by molar-refractivity contribution is -0.137. The molecule has 0 saturated carbocycles. The Morgan fingerprint density at radius 1 is 1.04 bits per heavy atom. The van der Waals surface area contributed by atoms with E-state index in [0.29, 0.717) is 0 Å². The molecule has 4 heteroatoms. The highest BCUT2D eigenvalue weighted by Gasteiger charge is 2.10. The van der Waals surface area contributed by atoms with Crippen LogP contribution in [0.15, 0.2) is 54.9 Å². The van der Waals surface area contributed by atoms with Crippen LogP contribution in [-0.4, -0.2) is 20.6 Å². The van der Waals surface area contributed by atoms with E-state index in [1.807, 2.05) is 30.5 Å². The molecule has 0 fully saturated rings. The van der Waals surface area contributed by atoms with Gasteiger partial charge in [0.2, 0.25) is 0 Å². The minimum Gasteiger partial charge on any atom is -0.481 e. The number of benzene rings is 1. The molecule has 1 N–H and O–H groups in total. The van der Waals surface area contributed by atoms with Gasteiger partial charge in [-0.1, -0.05) is 36.8 Å². The number of hydrogen-bond acceptors (Lipinski definition) is 2. The maximum Gasteiger partial charge on any atom is 0.303 e. The summed E-state index contributed by atoms with van der Waals surface area (Å²) in [7, 11) is 0. The smallest absolute Gasteiger partial charge is 0.303 e. The van der Waals surface area contributed by atoms with Gasteiger partial charge < -0.3 is 9.67 Å². The van der Waals surface area contributed by atoms with Crippen LogP contribution >= 0.6 is 0 Å². The lowest BCUT2D eigenvalue weighted by Crippen LogP contribution is -1.99. The van der Waals surface area contributed by atoms with Crippen molar-refractivity contribution in [2.24, 2.45) is 0 Å². The summed E-state index contributed by atoms with van der Waals surface area (Å²) in [5.74, 6) is -0.718. The molecule has 3 rings (SSSR count). The fraction of sp³-hybridized carbons (Fsp3) is 0.263. The van der Waals surface area contributed by atoms with Crippen molar-refractivity contribution in [1.29, 1.82) is 0 Å². The first-order valence-corrected chi connectivity index (χ1v) is 7.97. The third-order valence-electron chi connectivity index (χ3n) is 4.01. The second-order valence-electron chi connectivity index (χ2n) is 5.68. The first-order valence-electron chi connectivity index (χ1n) is 7.97. The number of fused-ring (bicyclic) bond motifs is 1. The standard InChI is InChI=1S/C19H20N2O2/c22-18(23)11-5-2-6-13-21-14-17(15-8-3-1-4-9-15)16-10-7-12-20-19(16)21/h1,3-4,7-10,12,14H,2,5-6,11,13H2,(H,22,23). The normalized spacial score (nSPS) is 11.0. The highest BCUT2D eigenvalue weighted by Crippen LogP contribution is 2.29. The Kier molecular flexibility index (Phi) is 4.71. The van der Waals surface area contributed by atoms with Crippen LogP contribution in [0.2, 0.25) is 0 Å². The third kappa shape index (κ3) is 3.59. The molecule has 23 heavy (non-hydrogen) atoms. The first-order chi connectivity index (χ1) is 11.3. The van der Waals surface area contributed by atoms with Crippen molar-refractivity contribution in [2.45, 2.75) is 32.2 Å². The number of rotatable bonds is 7. The lowest BCUT2D eigenvalue weighted by Gasteiger charge is -2.03. The summed E-state index contributed by atoms with van der Waals surface area (Å²) in [6.45, 7) is 0.861. The van der Waals surface area contributed by atoms with Crippen molar-refractivity contribution in [3.8, 4) is 11.1 Å². The SMILES string of the molecule is O=C(O)CCCCCn1cc(-c2ccccc2)c2cccnc21. The molecular formula is C19H20N2O2. The van der Waals surface area contributed by atoms with Crippen molar-refractivity contribution < 1.29 is 9.90 Å². The predicted octanol–water partition coefficient (Wildman–Crippen LogP) is 4.35. The number of aromatic nitrogens is 2. The van der Waals surface area contributed by atoms with Crippen molar-refractivity contribution in [1.82, 2.24) is 9.55 Å². The zero-order valence-corrected chi connectivity index (χ0v) is 13.0. The van der Waals surface area contributed by atoms with Crippen LogP contribution in [0.5, 0.6) is 0 Å². The largest absolute Gasteiger partial charge is 0.481 e. The fourth-order valence-electron chi connectivity index (χ4n) is 2.88. The molecule has 0 aliphatic rings. The summed E-state index contributed by atoms with van der Waals surface area (Å²) in [6.07, 6.45) is 6.83. The van der Waals surface area contributed by atoms with Gasteiger partial charge in [-0.3, -0.25) is 4.79 Å². The van der Waals surface area contributed by atoms with Gasteiger partial charge in [-0.05, 0) is 30.5 Å². The molecule has 4 nitrogen and oxygen atoms in total. The van der Waals surface area contributed by atoms with Gasteiger partial charge in [-0.15, -0.1) is 0 Å². The number of aliphatic carboxylic acids is 1. The number of pyridine rings is 1. The van der Waals surface area contributed by atoms with Crippen LogP contribution in [0.25, 0.3) is 22.2 Å². The highest BCUT2D eigenvalue weighted by molar-refractivity contribution is 5.93. The van der Waals surface area contributed by atoms with E-state index in [1.165, 1.54) is 11.1 Å². The molecule has 0 saturated heterocycles. The zero-order chi connectivity index (χ0) is 16.1. The Hall–Kier alpha value is -2.62. The average Bonchev–Trinajstić information content (AvgIpc) is 2.94. The van der Waals surface area contributed by atoms with Gasteiger partial charge in [-0.2, -0.15) is 0 Å². The number of carboxylic acids is 1. The Bertz CT molecular complexity index is 793. The number of unbranched alkanes of at least 4 members (excludes halogenated alkanes) is 2. The summed E-state index contributed by atoms with van der Waals surface area (Å²) < 4.78 is 2.18. The first kappa shape index (κ1) is 15.3. The quantitative estimate of drug-likeness (QED) is 0.660. The second kappa shape index (κ2) is 7.09. The van der Waals surface area contributed by atoms with Gasteiger partial charge in [-0.25, -0.2) is 4.98 Å². The van der Waals surface area contributed by atoms with Crippen molar-refractivity contribution in [2.75, 3.05) is 0 Å². The minimum atomic E-state index is -0.718. The molecule has 0 unspecified atom stereocenters. The van der Waals surface area contributed by atoms with E-state index in [1.54, 1.807) is 0 Å². The molecule has 2 aromatic heterocycles. The fourth-order valence-corrected chi connectivity index (χ4v) is 2.88. The van der Waals surface area contributed by atoms with Gasteiger partial charge >= 0.3 is 5.97 Å². The molecule has 0 atom stereocenters. The molecule has 0 amide bonds. The maximum absolute atomic E-state index is 10.6. The van der Waals surface area contributed by atoms with E-state index in [4.69, 9.17) is 5.11 Å². The minimum absolute atomic E-state index is 0.250. The van der Waals surface area contributed by atoms with Gasteiger partial charge in [0.15, 0.2) is 0 Å². The number of carbonyl (C=O) groups is 1. The van der Waals surface area contributed by atoms with Crippen molar-refractivity contribution in [3.05, 3.63) is 54.9 Å². The Morgan fingerprint density at radius 2 is 1.87 bits per heavy atom. The van der Waals surface area contributed by atoms with E-state index < -0.39 is 5.97 Å². The molecule has 0 spiro atoms. The Balaban J connectivity index is 1.80. The van der Waals surface area contributed by atoms with E-state index in [0.717, 1.165) is 36.8 Å². The van der Waals surface area contributed by atoms with Crippen LogP contribution in [0.4, 0.5) is 0 Å². The number of carboxylic acid groups (broad SMARTS) is 1. The van der Waals surface area contributed by atoms with Crippen LogP contribution in [0.1, 0.15) is 25.7 Å². The summed E-state index contributed by atoms with van der Waals surface area (Å²) in [6, 6.07) is 14.4. The predicted molar refractivity (Wildman–Crippen MR) is 91.3 cm³/mol. The van der Waals surface area contributed by atoms with Gasteiger partial charge in [0, 0.05) is 36.3 Å².